The fourth-order valence-corrected chi connectivity index (χ4v) is 4.05. The van der Waals surface area contributed by atoms with Gasteiger partial charge in [0, 0.05) is 58.3 Å². The molecule has 2 fully saturated rings. The molecule has 25 heavy (non-hydrogen) atoms. The maximum Gasteiger partial charge on any atom is 0.222 e. The Morgan fingerprint density at radius 1 is 1.16 bits per heavy atom. The number of hydrogen-bond donors (Lipinski definition) is 1. The minimum Gasteiger partial charge on any atom is -0.390 e. The molecule has 0 saturated carbocycles. The summed E-state index contributed by atoms with van der Waals surface area (Å²) in [7, 11) is 0. The third-order valence-electron chi connectivity index (χ3n) is 5.46. The van der Waals surface area contributed by atoms with Crippen molar-refractivity contribution >= 4 is 5.91 Å². The van der Waals surface area contributed by atoms with Crippen LogP contribution >= 0.6 is 0 Å². The van der Waals surface area contributed by atoms with Crippen molar-refractivity contribution in [2.45, 2.75) is 44.9 Å². The van der Waals surface area contributed by atoms with Crippen molar-refractivity contribution in [2.75, 3.05) is 39.3 Å². The molecule has 5 nitrogen and oxygen atoms in total. The lowest BCUT2D eigenvalue weighted by Gasteiger charge is -2.42. The van der Waals surface area contributed by atoms with E-state index in [4.69, 9.17) is 0 Å². The number of hydrogen-bond acceptors (Lipinski definition) is 4. The van der Waals surface area contributed by atoms with Gasteiger partial charge in [-0.2, -0.15) is 0 Å². The molecule has 2 aliphatic rings. The van der Waals surface area contributed by atoms with Crippen molar-refractivity contribution in [3.63, 3.8) is 0 Å². The van der Waals surface area contributed by atoms with Gasteiger partial charge in [0.25, 0.3) is 0 Å². The second kappa shape index (κ2) is 8.79. The molecule has 1 N–H and O–H groups in total. The zero-order valence-electron chi connectivity index (χ0n) is 15.3. The SMILES string of the molecule is CCC1CN(Cc2ccccc2)CCN1CC(O)CN1CCCC1=O. The highest BCUT2D eigenvalue weighted by molar-refractivity contribution is 5.78. The van der Waals surface area contributed by atoms with Gasteiger partial charge in [-0.3, -0.25) is 14.6 Å². The second-order valence-electron chi connectivity index (χ2n) is 7.37. The van der Waals surface area contributed by atoms with Crippen LogP contribution in [-0.2, 0) is 11.3 Å². The lowest BCUT2D eigenvalue weighted by molar-refractivity contribution is -0.129. The summed E-state index contributed by atoms with van der Waals surface area (Å²) in [5.74, 6) is 0.193. The largest absolute Gasteiger partial charge is 0.390 e. The molecule has 5 heteroatoms. The van der Waals surface area contributed by atoms with Gasteiger partial charge < -0.3 is 10.0 Å². The lowest BCUT2D eigenvalue weighted by atomic mass is 10.1. The van der Waals surface area contributed by atoms with Gasteiger partial charge in [0.15, 0.2) is 0 Å². The molecule has 0 aromatic heterocycles. The van der Waals surface area contributed by atoms with Gasteiger partial charge >= 0.3 is 0 Å². The zero-order chi connectivity index (χ0) is 17.6. The van der Waals surface area contributed by atoms with E-state index in [-0.39, 0.29) is 5.91 Å². The molecule has 1 aromatic carbocycles. The first-order valence-electron chi connectivity index (χ1n) is 9.62. The number of nitrogens with zero attached hydrogens (tertiary/aromatic N) is 3. The fraction of sp³-hybridized carbons (Fsp3) is 0.650. The molecular weight excluding hydrogens is 314 g/mol. The summed E-state index contributed by atoms with van der Waals surface area (Å²) in [6.45, 7) is 8.23. The summed E-state index contributed by atoms with van der Waals surface area (Å²) in [5.41, 5.74) is 1.36. The normalized spacial score (nSPS) is 24.0. The number of piperazine rings is 1. The quantitative estimate of drug-likeness (QED) is 0.815. The summed E-state index contributed by atoms with van der Waals surface area (Å²) < 4.78 is 0. The van der Waals surface area contributed by atoms with Crippen LogP contribution in [0.4, 0.5) is 0 Å². The first kappa shape index (κ1) is 18.4. The number of carbonyl (C=O) groups is 1. The Kier molecular flexibility index (Phi) is 6.45. The summed E-state index contributed by atoms with van der Waals surface area (Å²) in [5, 5.41) is 10.4. The highest BCUT2D eigenvalue weighted by atomic mass is 16.3. The van der Waals surface area contributed by atoms with E-state index in [0.29, 0.717) is 25.6 Å². The minimum atomic E-state index is -0.447. The van der Waals surface area contributed by atoms with Crippen LogP contribution in [0.2, 0.25) is 0 Å². The number of likely N-dealkylation sites (tertiary alicyclic amines) is 1. The molecule has 0 spiro atoms. The number of aliphatic hydroxyl groups excluding tert-OH is 1. The Morgan fingerprint density at radius 2 is 1.96 bits per heavy atom. The van der Waals surface area contributed by atoms with Gasteiger partial charge in [-0.25, -0.2) is 0 Å². The summed E-state index contributed by atoms with van der Waals surface area (Å²) in [6, 6.07) is 11.1. The van der Waals surface area contributed by atoms with Crippen LogP contribution in [0.25, 0.3) is 0 Å². The predicted molar refractivity (Wildman–Crippen MR) is 99.2 cm³/mol. The van der Waals surface area contributed by atoms with Gasteiger partial charge in [-0.1, -0.05) is 37.3 Å². The lowest BCUT2D eigenvalue weighted by Crippen LogP contribution is -2.55. The molecular formula is C20H31N3O2. The third-order valence-corrected chi connectivity index (χ3v) is 5.46. The van der Waals surface area contributed by atoms with E-state index in [1.807, 2.05) is 4.90 Å². The summed E-state index contributed by atoms with van der Waals surface area (Å²) in [6.07, 6.45) is 2.21. The smallest absolute Gasteiger partial charge is 0.222 e. The van der Waals surface area contributed by atoms with E-state index in [0.717, 1.165) is 45.6 Å². The first-order chi connectivity index (χ1) is 12.2. The van der Waals surface area contributed by atoms with Gasteiger partial charge in [-0.05, 0) is 18.4 Å². The molecule has 2 saturated heterocycles. The number of rotatable bonds is 7. The van der Waals surface area contributed by atoms with Crippen molar-refractivity contribution in [2.24, 2.45) is 0 Å². The Labute approximate surface area is 151 Å². The van der Waals surface area contributed by atoms with E-state index in [1.54, 1.807) is 0 Å². The Morgan fingerprint density at radius 3 is 2.64 bits per heavy atom. The van der Waals surface area contributed by atoms with Crippen LogP contribution in [-0.4, -0.2) is 77.1 Å². The maximum absolute atomic E-state index is 11.7. The van der Waals surface area contributed by atoms with E-state index in [1.165, 1.54) is 5.56 Å². The molecule has 2 heterocycles. The average molecular weight is 345 g/mol. The van der Waals surface area contributed by atoms with Gasteiger partial charge in [0.1, 0.15) is 0 Å². The van der Waals surface area contributed by atoms with Crippen LogP contribution in [0.15, 0.2) is 30.3 Å². The minimum absolute atomic E-state index is 0.193. The Hall–Kier alpha value is -1.43. The van der Waals surface area contributed by atoms with E-state index in [2.05, 4.69) is 47.1 Å². The first-order valence-corrected chi connectivity index (χ1v) is 9.62. The third kappa shape index (κ3) is 5.03. The number of aliphatic hydroxyl groups is 1. The van der Waals surface area contributed by atoms with Crippen LogP contribution in [0.5, 0.6) is 0 Å². The molecule has 0 radical (unpaired) electrons. The van der Waals surface area contributed by atoms with E-state index in [9.17, 15) is 9.90 Å². The van der Waals surface area contributed by atoms with Gasteiger partial charge in [0.2, 0.25) is 5.91 Å². The van der Waals surface area contributed by atoms with Crippen LogP contribution in [0.3, 0.4) is 0 Å². The molecule has 1 aromatic rings. The van der Waals surface area contributed by atoms with Crippen molar-refractivity contribution in [1.29, 1.82) is 0 Å². The van der Waals surface area contributed by atoms with Crippen LogP contribution in [0.1, 0.15) is 31.7 Å². The summed E-state index contributed by atoms with van der Waals surface area (Å²) in [4.78, 5) is 18.5. The van der Waals surface area contributed by atoms with Gasteiger partial charge in [-0.15, -0.1) is 0 Å². The van der Waals surface area contributed by atoms with Crippen LogP contribution < -0.4 is 0 Å². The highest BCUT2D eigenvalue weighted by Crippen LogP contribution is 2.17. The second-order valence-corrected chi connectivity index (χ2v) is 7.37. The predicted octanol–water partition coefficient (Wildman–Crippen LogP) is 1.57. The zero-order valence-corrected chi connectivity index (χ0v) is 15.3. The Balaban J connectivity index is 1.49. The molecule has 138 valence electrons. The number of benzene rings is 1. The molecule has 3 rings (SSSR count). The molecule has 1 amide bonds. The van der Waals surface area contributed by atoms with E-state index < -0.39 is 6.10 Å². The van der Waals surface area contributed by atoms with Crippen LogP contribution in [0, 0.1) is 0 Å². The van der Waals surface area contributed by atoms with E-state index >= 15 is 0 Å². The van der Waals surface area contributed by atoms with Crippen molar-refractivity contribution < 1.29 is 9.90 Å². The summed E-state index contributed by atoms with van der Waals surface area (Å²) >= 11 is 0. The molecule has 2 aliphatic heterocycles. The maximum atomic E-state index is 11.7. The Bertz CT molecular complexity index is 551. The molecule has 2 atom stereocenters. The van der Waals surface area contributed by atoms with Gasteiger partial charge in [0.05, 0.1) is 6.10 Å². The van der Waals surface area contributed by atoms with Crippen molar-refractivity contribution in [3.8, 4) is 0 Å². The van der Waals surface area contributed by atoms with Crippen molar-refractivity contribution in [1.82, 2.24) is 14.7 Å². The molecule has 2 unspecified atom stereocenters. The standard InChI is InChI=1S/C20H31N3O2/c1-2-18-14-21(13-17-7-4-3-5-8-17)11-12-22(18)15-19(24)16-23-10-6-9-20(23)25/h3-5,7-8,18-19,24H,2,6,9-16H2,1H3. The molecule has 0 aliphatic carbocycles. The number of carbonyl (C=O) groups excluding carboxylic acids is 1. The highest BCUT2D eigenvalue weighted by Gasteiger charge is 2.29. The fourth-order valence-electron chi connectivity index (χ4n) is 4.05. The number of amides is 1. The molecule has 0 bridgehead atoms. The number of β-amino-alcohol motifs (C(OH)–C–C–N with tert-alkyl or cyclic N) is 1. The monoisotopic (exact) mass is 345 g/mol. The van der Waals surface area contributed by atoms with Crippen molar-refractivity contribution in [3.05, 3.63) is 35.9 Å². The average Bonchev–Trinajstić information content (AvgIpc) is 3.02. The topological polar surface area (TPSA) is 47.0 Å².